The van der Waals surface area contributed by atoms with Crippen LogP contribution >= 0.6 is 0 Å². The largest absolute Gasteiger partial charge is 0.486 e. The number of carbonyl (C=O) groups excluding carboxylic acids is 2. The van der Waals surface area contributed by atoms with Gasteiger partial charge < -0.3 is 9.47 Å². The van der Waals surface area contributed by atoms with Crippen molar-refractivity contribution >= 4 is 17.4 Å². The number of nitrogens with zero attached hydrogens (tertiary/aromatic N) is 2. The lowest BCUT2D eigenvalue weighted by molar-refractivity contribution is -0.114. The Hall–Kier alpha value is -2.86. The van der Waals surface area contributed by atoms with Gasteiger partial charge in [0.25, 0.3) is 5.78 Å². The molecule has 0 bridgehead atoms. The predicted octanol–water partition coefficient (Wildman–Crippen LogP) is 2.51. The number of ketones is 1. The van der Waals surface area contributed by atoms with Gasteiger partial charge >= 0.3 is 5.91 Å². The molecule has 27 heavy (non-hydrogen) atoms. The van der Waals surface area contributed by atoms with E-state index in [1.807, 2.05) is 25.2 Å². The lowest BCUT2D eigenvalue weighted by Crippen LogP contribution is -2.39. The van der Waals surface area contributed by atoms with Crippen molar-refractivity contribution in [3.05, 3.63) is 53.6 Å². The normalized spacial score (nSPS) is 15.4. The summed E-state index contributed by atoms with van der Waals surface area (Å²) in [5, 5.41) is 0. The Morgan fingerprint density at radius 1 is 1.04 bits per heavy atom. The van der Waals surface area contributed by atoms with Crippen LogP contribution in [-0.2, 0) is 11.2 Å². The van der Waals surface area contributed by atoms with E-state index in [0.717, 1.165) is 19.4 Å². The molecule has 2 aliphatic heterocycles. The predicted molar refractivity (Wildman–Crippen MR) is 102 cm³/mol. The number of amides is 1. The quantitative estimate of drug-likeness (QED) is 0.735. The first-order valence-electron chi connectivity index (χ1n) is 9.16. The molecule has 0 aromatic heterocycles. The third-order valence-electron chi connectivity index (χ3n) is 4.87. The molecule has 0 N–H and O–H groups in total. The number of hydrogen-bond acceptors (Lipinski definition) is 5. The van der Waals surface area contributed by atoms with E-state index in [1.54, 1.807) is 12.1 Å². The Balaban J connectivity index is 1.43. The lowest BCUT2D eigenvalue weighted by Gasteiger charge is -2.25. The van der Waals surface area contributed by atoms with Crippen molar-refractivity contribution in [3.8, 4) is 11.5 Å². The highest BCUT2D eigenvalue weighted by atomic mass is 16.6. The zero-order valence-electron chi connectivity index (χ0n) is 15.3. The zero-order chi connectivity index (χ0) is 18.8. The van der Waals surface area contributed by atoms with Crippen molar-refractivity contribution in [2.45, 2.75) is 12.8 Å². The number of rotatable bonds is 6. The van der Waals surface area contributed by atoms with Gasteiger partial charge in [-0.1, -0.05) is 30.3 Å². The number of hydrogen-bond donors (Lipinski definition) is 0. The van der Waals surface area contributed by atoms with Gasteiger partial charge in [0.2, 0.25) is 0 Å². The summed E-state index contributed by atoms with van der Waals surface area (Å²) >= 11 is 0. The minimum atomic E-state index is -0.498. The van der Waals surface area contributed by atoms with Crippen LogP contribution in [0, 0.1) is 0 Å². The maximum Gasteiger partial charge on any atom is 0.300 e. The summed E-state index contributed by atoms with van der Waals surface area (Å²) < 4.78 is 11.1. The van der Waals surface area contributed by atoms with Crippen molar-refractivity contribution in [2.24, 2.45) is 0 Å². The monoisotopic (exact) mass is 366 g/mol. The van der Waals surface area contributed by atoms with Crippen LogP contribution in [-0.4, -0.2) is 50.1 Å². The summed E-state index contributed by atoms with van der Waals surface area (Å²) in [5.74, 6) is 0.125. The molecule has 2 aliphatic rings. The van der Waals surface area contributed by atoms with Crippen LogP contribution in [0.2, 0.25) is 0 Å². The fourth-order valence-corrected chi connectivity index (χ4v) is 3.48. The van der Waals surface area contributed by atoms with E-state index in [1.165, 1.54) is 10.5 Å². The van der Waals surface area contributed by atoms with Crippen LogP contribution < -0.4 is 14.4 Å². The molecule has 0 unspecified atom stereocenters. The van der Waals surface area contributed by atoms with E-state index in [-0.39, 0.29) is 0 Å². The first kappa shape index (κ1) is 17.5. The van der Waals surface area contributed by atoms with Gasteiger partial charge in [-0.25, -0.2) is 0 Å². The SMILES string of the molecule is CN(CCCc1ccccc1)CN1C(=O)C(=O)c2cc3c(cc21)OCCO3. The maximum atomic E-state index is 12.5. The maximum absolute atomic E-state index is 12.5. The fourth-order valence-electron chi connectivity index (χ4n) is 3.48. The van der Waals surface area contributed by atoms with E-state index in [9.17, 15) is 9.59 Å². The van der Waals surface area contributed by atoms with Crippen LogP contribution in [0.5, 0.6) is 11.5 Å². The summed E-state index contributed by atoms with van der Waals surface area (Å²) in [4.78, 5) is 28.4. The average molecular weight is 366 g/mol. The molecule has 0 radical (unpaired) electrons. The van der Waals surface area contributed by atoms with E-state index in [4.69, 9.17) is 9.47 Å². The molecule has 0 saturated carbocycles. The molecular weight excluding hydrogens is 344 g/mol. The molecular formula is C21H22N2O4. The smallest absolute Gasteiger partial charge is 0.300 e. The van der Waals surface area contributed by atoms with Crippen LogP contribution in [0.4, 0.5) is 5.69 Å². The molecule has 1 amide bonds. The molecule has 140 valence electrons. The van der Waals surface area contributed by atoms with E-state index in [0.29, 0.717) is 42.6 Å². The molecule has 2 aromatic rings. The number of benzene rings is 2. The Kier molecular flexibility index (Phi) is 4.81. The second-order valence-corrected chi connectivity index (χ2v) is 6.89. The van der Waals surface area contributed by atoms with Gasteiger partial charge in [0.05, 0.1) is 17.9 Å². The molecule has 0 fully saturated rings. The van der Waals surface area contributed by atoms with Crippen molar-refractivity contribution < 1.29 is 19.1 Å². The van der Waals surface area contributed by atoms with Crippen molar-refractivity contribution in [2.75, 3.05) is 38.4 Å². The van der Waals surface area contributed by atoms with Gasteiger partial charge in [0, 0.05) is 6.07 Å². The van der Waals surface area contributed by atoms with E-state index in [2.05, 4.69) is 17.0 Å². The zero-order valence-corrected chi connectivity index (χ0v) is 15.3. The standard InChI is InChI=1S/C21H22N2O4/c1-22(9-5-8-15-6-3-2-4-7-15)14-23-17-13-19-18(26-10-11-27-19)12-16(17)20(24)21(23)25/h2-4,6-7,12-13H,5,8-11,14H2,1H3. The van der Waals surface area contributed by atoms with E-state index >= 15 is 0 Å². The summed E-state index contributed by atoms with van der Waals surface area (Å²) in [6.07, 6.45) is 1.96. The molecule has 6 nitrogen and oxygen atoms in total. The third kappa shape index (κ3) is 3.53. The molecule has 2 aromatic carbocycles. The van der Waals surface area contributed by atoms with Crippen LogP contribution in [0.3, 0.4) is 0 Å². The van der Waals surface area contributed by atoms with Gasteiger partial charge in [-0.05, 0) is 38.1 Å². The Labute approximate surface area is 158 Å². The van der Waals surface area contributed by atoms with Crippen LogP contribution in [0.1, 0.15) is 22.3 Å². The Morgan fingerprint density at radius 2 is 1.74 bits per heavy atom. The Morgan fingerprint density at radius 3 is 2.48 bits per heavy atom. The summed E-state index contributed by atoms with van der Waals surface area (Å²) in [7, 11) is 1.96. The van der Waals surface area contributed by atoms with E-state index < -0.39 is 11.7 Å². The van der Waals surface area contributed by atoms with Gasteiger partial charge in [0.1, 0.15) is 13.2 Å². The molecule has 0 spiro atoms. The highest BCUT2D eigenvalue weighted by molar-refractivity contribution is 6.52. The van der Waals surface area contributed by atoms with Gasteiger partial charge in [-0.15, -0.1) is 0 Å². The molecule has 6 heteroatoms. The third-order valence-corrected chi connectivity index (χ3v) is 4.87. The summed E-state index contributed by atoms with van der Waals surface area (Å²) in [6, 6.07) is 13.7. The van der Waals surface area contributed by atoms with Crippen molar-refractivity contribution in [1.82, 2.24) is 4.90 Å². The van der Waals surface area contributed by atoms with Gasteiger partial charge in [-0.2, -0.15) is 0 Å². The molecule has 0 aliphatic carbocycles. The molecule has 4 rings (SSSR count). The highest BCUT2D eigenvalue weighted by Gasteiger charge is 2.38. The van der Waals surface area contributed by atoms with Gasteiger partial charge in [0.15, 0.2) is 11.5 Å². The number of anilines is 1. The summed E-state index contributed by atoms with van der Waals surface area (Å²) in [6.45, 7) is 2.10. The number of fused-ring (bicyclic) bond motifs is 2. The fraction of sp³-hybridized carbons (Fsp3) is 0.333. The summed E-state index contributed by atoms with van der Waals surface area (Å²) in [5.41, 5.74) is 2.29. The first-order valence-corrected chi connectivity index (χ1v) is 9.16. The second kappa shape index (κ2) is 7.40. The second-order valence-electron chi connectivity index (χ2n) is 6.89. The minimum Gasteiger partial charge on any atom is -0.486 e. The number of carbonyl (C=O) groups is 2. The van der Waals surface area contributed by atoms with Gasteiger partial charge in [-0.3, -0.25) is 19.4 Å². The highest BCUT2D eigenvalue weighted by Crippen LogP contribution is 2.40. The molecule has 0 saturated heterocycles. The lowest BCUT2D eigenvalue weighted by atomic mass is 10.1. The van der Waals surface area contributed by atoms with Crippen LogP contribution in [0.15, 0.2) is 42.5 Å². The number of aryl methyl sites for hydroxylation is 1. The van der Waals surface area contributed by atoms with Crippen molar-refractivity contribution in [1.29, 1.82) is 0 Å². The van der Waals surface area contributed by atoms with Crippen LogP contribution in [0.25, 0.3) is 0 Å². The first-order chi connectivity index (χ1) is 13.1. The average Bonchev–Trinajstić information content (AvgIpc) is 2.91. The minimum absolute atomic E-state index is 0.367. The number of ether oxygens (including phenoxy) is 2. The molecule has 0 atom stereocenters. The Bertz CT molecular complexity index is 866. The molecule has 2 heterocycles. The topological polar surface area (TPSA) is 59.1 Å². The number of Topliss-reactive ketones (excluding diaryl/α,β-unsaturated/α-hetero) is 1. The van der Waals surface area contributed by atoms with Crippen molar-refractivity contribution in [3.63, 3.8) is 0 Å².